The summed E-state index contributed by atoms with van der Waals surface area (Å²) in [6.07, 6.45) is 6.60. The number of halogens is 1. The zero-order valence-corrected chi connectivity index (χ0v) is 11.3. The van der Waals surface area contributed by atoms with Crippen LogP contribution in [0.2, 0.25) is 0 Å². The van der Waals surface area contributed by atoms with Crippen LogP contribution in [0.3, 0.4) is 0 Å². The Morgan fingerprint density at radius 2 is 1.89 bits per heavy atom. The summed E-state index contributed by atoms with van der Waals surface area (Å²) in [4.78, 5) is 0. The molecule has 0 spiro atoms. The van der Waals surface area contributed by atoms with Gasteiger partial charge >= 0.3 is 0 Å². The second kappa shape index (κ2) is 6.37. The van der Waals surface area contributed by atoms with Crippen molar-refractivity contribution in [3.63, 3.8) is 0 Å². The molecular formula is C15H20ClNO. The Balaban J connectivity index is 2.07. The molecule has 1 saturated heterocycles. The molecule has 1 aliphatic heterocycles. The summed E-state index contributed by atoms with van der Waals surface area (Å²) >= 11 is 5.62. The molecule has 0 aromatic heterocycles. The molecule has 1 aromatic carbocycles. The van der Waals surface area contributed by atoms with E-state index in [1.807, 2.05) is 12.1 Å². The van der Waals surface area contributed by atoms with E-state index in [2.05, 4.69) is 29.6 Å². The van der Waals surface area contributed by atoms with Gasteiger partial charge in [0.25, 0.3) is 0 Å². The first-order valence-corrected chi connectivity index (χ1v) is 7.04. The van der Waals surface area contributed by atoms with Crippen LogP contribution < -0.4 is 5.32 Å². The predicted octanol–water partition coefficient (Wildman–Crippen LogP) is 2.90. The standard InChI is InChI=1S/C15H20ClNO/c16-10-2-1-3-13-4-6-14(7-5-13)15(18)8-11-17-12-9-15/h1,3-7,17-18H,2,8-12H2. The number of rotatable bonds is 4. The number of aliphatic hydroxyl groups is 1. The van der Waals surface area contributed by atoms with Crippen LogP contribution in [-0.4, -0.2) is 24.1 Å². The van der Waals surface area contributed by atoms with Crippen molar-refractivity contribution in [1.29, 1.82) is 0 Å². The van der Waals surface area contributed by atoms with Crippen molar-refractivity contribution in [1.82, 2.24) is 5.32 Å². The van der Waals surface area contributed by atoms with E-state index in [-0.39, 0.29) is 0 Å². The fourth-order valence-corrected chi connectivity index (χ4v) is 2.44. The van der Waals surface area contributed by atoms with Gasteiger partial charge in [-0.2, -0.15) is 0 Å². The molecule has 0 atom stereocenters. The van der Waals surface area contributed by atoms with Gasteiger partial charge < -0.3 is 10.4 Å². The van der Waals surface area contributed by atoms with Crippen molar-refractivity contribution >= 4 is 17.7 Å². The topological polar surface area (TPSA) is 32.3 Å². The van der Waals surface area contributed by atoms with E-state index in [4.69, 9.17) is 11.6 Å². The summed E-state index contributed by atoms with van der Waals surface area (Å²) in [7, 11) is 0. The Morgan fingerprint density at radius 1 is 1.22 bits per heavy atom. The Bertz CT molecular complexity index is 393. The largest absolute Gasteiger partial charge is 0.385 e. The maximum atomic E-state index is 10.6. The van der Waals surface area contributed by atoms with Crippen molar-refractivity contribution < 1.29 is 5.11 Å². The molecule has 1 heterocycles. The first-order valence-electron chi connectivity index (χ1n) is 6.51. The third-order valence-electron chi connectivity index (χ3n) is 3.46. The quantitative estimate of drug-likeness (QED) is 0.821. The van der Waals surface area contributed by atoms with E-state index < -0.39 is 5.60 Å². The third-order valence-corrected chi connectivity index (χ3v) is 3.68. The number of alkyl halides is 1. The lowest BCUT2D eigenvalue weighted by Gasteiger charge is -2.33. The summed E-state index contributed by atoms with van der Waals surface area (Å²) in [5.74, 6) is 0.654. The van der Waals surface area contributed by atoms with Gasteiger partial charge in [0.1, 0.15) is 0 Å². The minimum Gasteiger partial charge on any atom is -0.385 e. The highest BCUT2D eigenvalue weighted by Crippen LogP contribution is 2.30. The van der Waals surface area contributed by atoms with Crippen LogP contribution in [0.25, 0.3) is 6.08 Å². The van der Waals surface area contributed by atoms with Crippen molar-refractivity contribution in [2.75, 3.05) is 19.0 Å². The van der Waals surface area contributed by atoms with E-state index in [0.717, 1.165) is 43.5 Å². The molecule has 0 bridgehead atoms. The molecule has 0 radical (unpaired) electrons. The second-order valence-electron chi connectivity index (χ2n) is 4.78. The normalized spacial score (nSPS) is 19.2. The van der Waals surface area contributed by atoms with Gasteiger partial charge in [-0.25, -0.2) is 0 Å². The van der Waals surface area contributed by atoms with Crippen molar-refractivity contribution in [3.05, 3.63) is 41.5 Å². The highest BCUT2D eigenvalue weighted by atomic mass is 35.5. The average Bonchev–Trinajstić information content (AvgIpc) is 2.41. The van der Waals surface area contributed by atoms with Crippen LogP contribution in [0.1, 0.15) is 30.4 Å². The van der Waals surface area contributed by atoms with Gasteiger partial charge in [-0.15, -0.1) is 11.6 Å². The summed E-state index contributed by atoms with van der Waals surface area (Å²) < 4.78 is 0. The van der Waals surface area contributed by atoms with Gasteiger partial charge in [0, 0.05) is 5.88 Å². The number of hydrogen-bond acceptors (Lipinski definition) is 2. The Morgan fingerprint density at radius 3 is 2.50 bits per heavy atom. The lowest BCUT2D eigenvalue weighted by Crippen LogP contribution is -2.39. The van der Waals surface area contributed by atoms with Crippen molar-refractivity contribution in [2.45, 2.75) is 24.9 Å². The fraction of sp³-hybridized carbons (Fsp3) is 0.467. The fourth-order valence-electron chi connectivity index (χ4n) is 2.32. The van der Waals surface area contributed by atoms with Gasteiger partial charge in [0.2, 0.25) is 0 Å². The smallest absolute Gasteiger partial charge is 0.0920 e. The van der Waals surface area contributed by atoms with E-state index in [0.29, 0.717) is 5.88 Å². The molecule has 0 aliphatic carbocycles. The zero-order chi connectivity index (χ0) is 12.8. The van der Waals surface area contributed by atoms with E-state index in [1.54, 1.807) is 0 Å². The maximum absolute atomic E-state index is 10.6. The first-order chi connectivity index (χ1) is 8.74. The highest BCUT2D eigenvalue weighted by molar-refractivity contribution is 6.17. The van der Waals surface area contributed by atoms with E-state index in [1.165, 1.54) is 0 Å². The van der Waals surface area contributed by atoms with Crippen LogP contribution in [0, 0.1) is 0 Å². The number of piperidine rings is 1. The molecule has 18 heavy (non-hydrogen) atoms. The molecule has 1 aliphatic rings. The SMILES string of the molecule is OC1(c2ccc(C=CCCCl)cc2)CCNCC1. The first kappa shape index (κ1) is 13.6. The van der Waals surface area contributed by atoms with E-state index in [9.17, 15) is 5.11 Å². The average molecular weight is 266 g/mol. The summed E-state index contributed by atoms with van der Waals surface area (Å²) in [6, 6.07) is 8.18. The second-order valence-corrected chi connectivity index (χ2v) is 5.16. The van der Waals surface area contributed by atoms with Crippen LogP contribution in [0.4, 0.5) is 0 Å². The molecule has 98 valence electrons. The molecule has 2 nitrogen and oxygen atoms in total. The molecule has 0 amide bonds. The number of benzene rings is 1. The number of nitrogens with one attached hydrogen (secondary N) is 1. The van der Waals surface area contributed by atoms with Gasteiger partial charge in [0.15, 0.2) is 0 Å². The predicted molar refractivity (Wildman–Crippen MR) is 76.8 cm³/mol. The maximum Gasteiger partial charge on any atom is 0.0920 e. The minimum absolute atomic E-state index is 0.649. The number of allylic oxidation sites excluding steroid dienone is 1. The van der Waals surface area contributed by atoms with Crippen molar-refractivity contribution in [2.24, 2.45) is 0 Å². The Kier molecular flexibility index (Phi) is 4.81. The van der Waals surface area contributed by atoms with Gasteiger partial charge in [-0.3, -0.25) is 0 Å². The van der Waals surface area contributed by atoms with Gasteiger partial charge in [0.05, 0.1) is 5.60 Å². The zero-order valence-electron chi connectivity index (χ0n) is 10.5. The molecule has 3 heteroatoms. The highest BCUT2D eigenvalue weighted by Gasteiger charge is 2.30. The third kappa shape index (κ3) is 3.35. The van der Waals surface area contributed by atoms with E-state index >= 15 is 0 Å². The Hall–Kier alpha value is -0.830. The minimum atomic E-state index is -0.649. The summed E-state index contributed by atoms with van der Waals surface area (Å²) in [6.45, 7) is 1.77. The molecule has 1 fully saturated rings. The lowest BCUT2D eigenvalue weighted by atomic mass is 9.85. The molecule has 1 aromatic rings. The van der Waals surface area contributed by atoms with Crippen LogP contribution in [0.5, 0.6) is 0 Å². The van der Waals surface area contributed by atoms with Crippen molar-refractivity contribution in [3.8, 4) is 0 Å². The van der Waals surface area contributed by atoms with Gasteiger partial charge in [-0.05, 0) is 43.5 Å². The lowest BCUT2D eigenvalue weighted by molar-refractivity contribution is 0.00594. The molecule has 2 N–H and O–H groups in total. The summed E-state index contributed by atoms with van der Waals surface area (Å²) in [5.41, 5.74) is 1.53. The molecule has 0 saturated carbocycles. The molecule has 0 unspecified atom stereocenters. The molecular weight excluding hydrogens is 246 g/mol. The van der Waals surface area contributed by atoms with Gasteiger partial charge in [-0.1, -0.05) is 36.4 Å². The van der Waals surface area contributed by atoms with Crippen LogP contribution >= 0.6 is 11.6 Å². The Labute approximate surface area is 114 Å². The van der Waals surface area contributed by atoms with Crippen LogP contribution in [-0.2, 0) is 5.60 Å². The summed E-state index contributed by atoms with van der Waals surface area (Å²) in [5, 5.41) is 13.8. The molecule has 2 rings (SSSR count). The monoisotopic (exact) mass is 265 g/mol. The van der Waals surface area contributed by atoms with Crippen LogP contribution in [0.15, 0.2) is 30.3 Å². The number of hydrogen-bond donors (Lipinski definition) is 2.